The first-order chi connectivity index (χ1) is 5.25. The number of hydrogen-bond acceptors (Lipinski definition) is 2. The predicted octanol–water partition coefficient (Wildman–Crippen LogP) is 0.768. The summed E-state index contributed by atoms with van der Waals surface area (Å²) in [4.78, 5) is 13.2. The first-order valence-electron chi connectivity index (χ1n) is 4.30. The molecular weight excluding hydrogens is 176 g/mol. The van der Waals surface area contributed by atoms with Gasteiger partial charge in [-0.25, -0.2) is 0 Å². The van der Waals surface area contributed by atoms with Gasteiger partial charge in [0, 0.05) is 13.1 Å². The molecular formula is C8H17ClN2O. The summed E-state index contributed by atoms with van der Waals surface area (Å²) >= 11 is 0. The van der Waals surface area contributed by atoms with Gasteiger partial charge in [-0.3, -0.25) is 4.79 Å². The maximum atomic E-state index is 11.4. The number of nitrogens with zero attached hydrogens (tertiary/aromatic N) is 1. The zero-order valence-corrected chi connectivity index (χ0v) is 8.27. The lowest BCUT2D eigenvalue weighted by Gasteiger charge is -2.18. The Kier molecular flexibility index (Phi) is 5.25. The van der Waals surface area contributed by atoms with Gasteiger partial charge in [-0.15, -0.1) is 12.4 Å². The predicted molar refractivity (Wildman–Crippen MR) is 51.3 cm³/mol. The molecule has 0 spiro atoms. The van der Waals surface area contributed by atoms with Crippen molar-refractivity contribution in [1.82, 2.24) is 4.90 Å². The van der Waals surface area contributed by atoms with Crippen molar-refractivity contribution in [3.05, 3.63) is 0 Å². The van der Waals surface area contributed by atoms with Gasteiger partial charge in [0.1, 0.15) is 0 Å². The molecule has 0 aromatic carbocycles. The van der Waals surface area contributed by atoms with E-state index in [1.165, 1.54) is 0 Å². The van der Waals surface area contributed by atoms with Crippen LogP contribution in [0.15, 0.2) is 0 Å². The van der Waals surface area contributed by atoms with E-state index in [2.05, 4.69) is 0 Å². The van der Waals surface area contributed by atoms with Gasteiger partial charge in [0.15, 0.2) is 0 Å². The first-order valence-corrected chi connectivity index (χ1v) is 4.30. The van der Waals surface area contributed by atoms with Crippen LogP contribution < -0.4 is 5.73 Å². The molecule has 4 heteroatoms. The van der Waals surface area contributed by atoms with Crippen LogP contribution in [0.1, 0.15) is 26.2 Å². The maximum Gasteiger partial charge on any atom is 0.239 e. The topological polar surface area (TPSA) is 46.3 Å². The number of carbonyl (C=O) groups is 1. The second-order valence-corrected chi connectivity index (χ2v) is 3.05. The van der Waals surface area contributed by atoms with Crippen LogP contribution in [0.3, 0.4) is 0 Å². The van der Waals surface area contributed by atoms with E-state index in [0.717, 1.165) is 32.4 Å². The highest BCUT2D eigenvalue weighted by atomic mass is 35.5. The molecule has 1 atom stereocenters. The zero-order chi connectivity index (χ0) is 8.27. The molecule has 1 saturated heterocycles. The Morgan fingerprint density at radius 3 is 2.42 bits per heavy atom. The van der Waals surface area contributed by atoms with Crippen LogP contribution in [0.25, 0.3) is 0 Å². The summed E-state index contributed by atoms with van der Waals surface area (Å²) in [6, 6.07) is -0.270. The summed E-state index contributed by atoms with van der Waals surface area (Å²) in [5, 5.41) is 0. The Balaban J connectivity index is 0.00000121. The third-order valence-corrected chi connectivity index (χ3v) is 2.17. The number of halogens is 1. The molecule has 1 aliphatic heterocycles. The van der Waals surface area contributed by atoms with Gasteiger partial charge in [-0.1, -0.05) is 6.92 Å². The van der Waals surface area contributed by atoms with Crippen LogP contribution in [0.5, 0.6) is 0 Å². The van der Waals surface area contributed by atoms with Crippen LogP contribution in [0, 0.1) is 0 Å². The van der Waals surface area contributed by atoms with Gasteiger partial charge in [-0.05, 0) is 19.3 Å². The molecule has 0 saturated carbocycles. The Hall–Kier alpha value is -0.280. The third kappa shape index (κ3) is 2.64. The van der Waals surface area contributed by atoms with Crippen LogP contribution in [0.4, 0.5) is 0 Å². The number of hydrogen-bond donors (Lipinski definition) is 1. The van der Waals surface area contributed by atoms with Crippen LogP contribution in [-0.2, 0) is 4.79 Å². The fourth-order valence-corrected chi connectivity index (χ4v) is 1.35. The summed E-state index contributed by atoms with van der Waals surface area (Å²) < 4.78 is 0. The van der Waals surface area contributed by atoms with Crippen molar-refractivity contribution in [2.24, 2.45) is 5.73 Å². The highest BCUT2D eigenvalue weighted by Crippen LogP contribution is 2.08. The van der Waals surface area contributed by atoms with Crippen molar-refractivity contribution >= 4 is 18.3 Å². The van der Waals surface area contributed by atoms with Crippen molar-refractivity contribution in [3.8, 4) is 0 Å². The summed E-state index contributed by atoms with van der Waals surface area (Å²) in [5.41, 5.74) is 5.61. The largest absolute Gasteiger partial charge is 0.341 e. The molecule has 1 amide bonds. The van der Waals surface area contributed by atoms with Gasteiger partial charge >= 0.3 is 0 Å². The fraction of sp³-hybridized carbons (Fsp3) is 0.875. The lowest BCUT2D eigenvalue weighted by atomic mass is 10.2. The Morgan fingerprint density at radius 1 is 1.50 bits per heavy atom. The molecule has 2 N–H and O–H groups in total. The second kappa shape index (κ2) is 5.38. The van der Waals surface area contributed by atoms with Crippen molar-refractivity contribution < 1.29 is 4.79 Å². The van der Waals surface area contributed by atoms with Crippen LogP contribution in [-0.4, -0.2) is 29.9 Å². The molecule has 1 fully saturated rings. The molecule has 1 aliphatic rings. The standard InChI is InChI=1S/C8H16N2O.ClH/c1-2-7(9)8(11)10-5-3-4-6-10;/h7H,2-6,9H2,1H3;1H. The number of carbonyl (C=O) groups excluding carboxylic acids is 1. The number of rotatable bonds is 2. The molecule has 0 bridgehead atoms. The van der Waals surface area contributed by atoms with E-state index in [1.807, 2.05) is 11.8 Å². The lowest BCUT2D eigenvalue weighted by molar-refractivity contribution is -0.131. The minimum Gasteiger partial charge on any atom is -0.341 e. The summed E-state index contributed by atoms with van der Waals surface area (Å²) in [7, 11) is 0. The van der Waals surface area contributed by atoms with Gasteiger partial charge in [0.25, 0.3) is 0 Å². The quantitative estimate of drug-likeness (QED) is 0.703. The average molecular weight is 193 g/mol. The Labute approximate surface area is 79.7 Å². The minimum absolute atomic E-state index is 0. The summed E-state index contributed by atoms with van der Waals surface area (Å²) in [6.07, 6.45) is 3.03. The summed E-state index contributed by atoms with van der Waals surface area (Å²) in [6.45, 7) is 3.76. The van der Waals surface area contributed by atoms with Gasteiger partial charge in [-0.2, -0.15) is 0 Å². The van der Waals surface area contributed by atoms with Crippen molar-refractivity contribution in [3.63, 3.8) is 0 Å². The molecule has 0 aliphatic carbocycles. The smallest absolute Gasteiger partial charge is 0.239 e. The van der Waals surface area contributed by atoms with Crippen molar-refractivity contribution in [2.45, 2.75) is 32.2 Å². The van der Waals surface area contributed by atoms with E-state index in [4.69, 9.17) is 5.73 Å². The Morgan fingerprint density at radius 2 is 2.00 bits per heavy atom. The third-order valence-electron chi connectivity index (χ3n) is 2.17. The number of likely N-dealkylation sites (tertiary alicyclic amines) is 1. The molecule has 1 unspecified atom stereocenters. The lowest BCUT2D eigenvalue weighted by Crippen LogP contribution is -2.41. The van der Waals surface area contributed by atoms with E-state index >= 15 is 0 Å². The molecule has 12 heavy (non-hydrogen) atoms. The van der Waals surface area contributed by atoms with E-state index in [9.17, 15) is 4.79 Å². The van der Waals surface area contributed by atoms with Crippen LogP contribution in [0.2, 0.25) is 0 Å². The highest BCUT2D eigenvalue weighted by molar-refractivity contribution is 5.85. The monoisotopic (exact) mass is 192 g/mol. The average Bonchev–Trinajstić information content (AvgIpc) is 2.53. The van der Waals surface area contributed by atoms with Gasteiger partial charge < -0.3 is 10.6 Å². The Bertz CT molecular complexity index is 146. The van der Waals surface area contributed by atoms with E-state index in [0.29, 0.717) is 0 Å². The van der Waals surface area contributed by atoms with E-state index < -0.39 is 0 Å². The SMILES string of the molecule is CCC(N)C(=O)N1CCCC1.Cl. The fourth-order valence-electron chi connectivity index (χ4n) is 1.35. The molecule has 3 nitrogen and oxygen atoms in total. The molecule has 1 heterocycles. The van der Waals surface area contributed by atoms with Crippen molar-refractivity contribution in [1.29, 1.82) is 0 Å². The zero-order valence-electron chi connectivity index (χ0n) is 7.45. The normalized spacial score (nSPS) is 18.7. The minimum atomic E-state index is -0.270. The molecule has 0 aromatic heterocycles. The maximum absolute atomic E-state index is 11.4. The van der Waals surface area contributed by atoms with E-state index in [1.54, 1.807) is 0 Å². The van der Waals surface area contributed by atoms with Crippen molar-refractivity contribution in [2.75, 3.05) is 13.1 Å². The summed E-state index contributed by atoms with van der Waals surface area (Å²) in [5.74, 6) is 0.130. The molecule has 1 rings (SSSR count). The van der Waals surface area contributed by atoms with Gasteiger partial charge in [0.05, 0.1) is 6.04 Å². The molecule has 0 radical (unpaired) electrons. The highest BCUT2D eigenvalue weighted by Gasteiger charge is 2.21. The van der Waals surface area contributed by atoms with E-state index in [-0.39, 0.29) is 24.4 Å². The van der Waals surface area contributed by atoms with Crippen LogP contribution >= 0.6 is 12.4 Å². The first kappa shape index (κ1) is 11.7. The number of amides is 1. The molecule has 0 aromatic rings. The van der Waals surface area contributed by atoms with Gasteiger partial charge in [0.2, 0.25) is 5.91 Å². The molecule has 72 valence electrons. The second-order valence-electron chi connectivity index (χ2n) is 3.05. The number of nitrogens with two attached hydrogens (primary N) is 1.